The quantitative estimate of drug-likeness (QED) is 0.585. The van der Waals surface area contributed by atoms with Crippen LogP contribution in [0.1, 0.15) is 12.0 Å². The van der Waals surface area contributed by atoms with Gasteiger partial charge in [-0.3, -0.25) is 0 Å². The number of hydrogen-bond donors (Lipinski definition) is 0. The number of piperazine rings is 1. The third kappa shape index (κ3) is 6.73. The Hall–Kier alpha value is -1.57. The summed E-state index contributed by atoms with van der Waals surface area (Å²) >= 11 is 1.78. The predicted molar refractivity (Wildman–Crippen MR) is 120 cm³/mol. The molecular weight excluding hydrogens is 382 g/mol. The van der Waals surface area contributed by atoms with E-state index in [0.717, 1.165) is 56.5 Å². The van der Waals surface area contributed by atoms with Gasteiger partial charge in [-0.05, 0) is 50.3 Å². The van der Waals surface area contributed by atoms with E-state index in [1.807, 2.05) is 17.2 Å². The molecule has 0 unspecified atom stereocenters. The summed E-state index contributed by atoms with van der Waals surface area (Å²) in [5, 5.41) is 2.04. The van der Waals surface area contributed by atoms with E-state index in [0.29, 0.717) is 0 Å². The van der Waals surface area contributed by atoms with E-state index >= 15 is 0 Å². The minimum Gasteiger partial charge on any atom is -0.496 e. The zero-order valence-electron chi connectivity index (χ0n) is 17.8. The van der Waals surface area contributed by atoms with Crippen LogP contribution in [0.3, 0.4) is 0 Å². The Labute approximate surface area is 179 Å². The highest BCUT2D eigenvalue weighted by Crippen LogP contribution is 2.36. The molecule has 29 heavy (non-hydrogen) atoms. The summed E-state index contributed by atoms with van der Waals surface area (Å²) in [5.74, 6) is 0.925. The maximum absolute atomic E-state index is 5.52. The van der Waals surface area contributed by atoms with Crippen LogP contribution in [-0.4, -0.2) is 75.4 Å². The number of methoxy groups -OCH3 is 1. The number of hydrogen-bond acceptors (Lipinski definition) is 6. The first-order valence-corrected chi connectivity index (χ1v) is 11.1. The molecule has 0 N–H and O–H groups in total. The molecule has 1 saturated heterocycles. The summed E-state index contributed by atoms with van der Waals surface area (Å²) in [6.07, 6.45) is 1.19. The molecule has 0 saturated carbocycles. The molecule has 0 amide bonds. The molecular formula is C23H33N3O2S. The van der Waals surface area contributed by atoms with Gasteiger partial charge in [0, 0.05) is 37.6 Å². The Morgan fingerprint density at radius 2 is 1.62 bits per heavy atom. The highest BCUT2D eigenvalue weighted by Gasteiger charge is 2.16. The molecule has 0 aromatic heterocycles. The van der Waals surface area contributed by atoms with Crippen LogP contribution in [0.2, 0.25) is 0 Å². The minimum atomic E-state index is 0.925. The Bertz CT molecular complexity index is 750. The minimum absolute atomic E-state index is 0.925. The average molecular weight is 416 g/mol. The number of ether oxygens (including phenoxy) is 1. The van der Waals surface area contributed by atoms with E-state index in [2.05, 4.69) is 53.2 Å². The summed E-state index contributed by atoms with van der Waals surface area (Å²) in [6.45, 7) is 7.39. The van der Waals surface area contributed by atoms with Gasteiger partial charge < -0.3 is 19.4 Å². The van der Waals surface area contributed by atoms with Crippen LogP contribution in [0.4, 0.5) is 0 Å². The number of hydroxylamine groups is 2. The fraction of sp³-hybridized carbons (Fsp3) is 0.478. The largest absolute Gasteiger partial charge is 0.496 e. The average Bonchev–Trinajstić information content (AvgIpc) is 2.76. The van der Waals surface area contributed by atoms with Gasteiger partial charge in [0.2, 0.25) is 0 Å². The van der Waals surface area contributed by atoms with E-state index in [1.165, 1.54) is 16.9 Å². The van der Waals surface area contributed by atoms with E-state index in [9.17, 15) is 0 Å². The van der Waals surface area contributed by atoms with Crippen molar-refractivity contribution in [3.63, 3.8) is 0 Å². The van der Waals surface area contributed by atoms with Gasteiger partial charge in [-0.1, -0.05) is 42.1 Å². The standard InChI is InChI=1S/C23H33N3O2S/c1-24(13-8-14-25-15-17-26(28-3)18-16-25)19-20-9-4-6-11-22(20)29-23-12-7-5-10-21(23)27-2/h4-7,9-12H,8,13-19H2,1-3H3. The van der Waals surface area contributed by atoms with E-state index in [1.54, 1.807) is 26.0 Å². The molecule has 0 radical (unpaired) electrons. The van der Waals surface area contributed by atoms with Crippen molar-refractivity contribution in [1.82, 2.24) is 14.9 Å². The molecule has 0 bridgehead atoms. The number of para-hydroxylation sites is 1. The van der Waals surface area contributed by atoms with Gasteiger partial charge in [-0.15, -0.1) is 0 Å². The van der Waals surface area contributed by atoms with E-state index < -0.39 is 0 Å². The lowest BCUT2D eigenvalue weighted by Gasteiger charge is -2.33. The van der Waals surface area contributed by atoms with Crippen LogP contribution in [0.25, 0.3) is 0 Å². The lowest BCUT2D eigenvalue weighted by molar-refractivity contribution is -0.151. The number of nitrogens with zero attached hydrogens (tertiary/aromatic N) is 3. The topological polar surface area (TPSA) is 28.2 Å². The molecule has 1 aliphatic rings. The van der Waals surface area contributed by atoms with Crippen LogP contribution in [-0.2, 0) is 11.4 Å². The number of benzene rings is 2. The molecule has 0 aliphatic carbocycles. The van der Waals surface area contributed by atoms with Gasteiger partial charge in [-0.25, -0.2) is 0 Å². The fourth-order valence-corrected chi connectivity index (χ4v) is 4.67. The number of rotatable bonds is 10. The summed E-state index contributed by atoms with van der Waals surface area (Å²) in [5.41, 5.74) is 1.36. The molecule has 3 rings (SSSR count). The van der Waals surface area contributed by atoms with Gasteiger partial charge >= 0.3 is 0 Å². The Morgan fingerprint density at radius 3 is 2.34 bits per heavy atom. The molecule has 6 heteroatoms. The van der Waals surface area contributed by atoms with Gasteiger partial charge in [0.1, 0.15) is 5.75 Å². The predicted octanol–water partition coefficient (Wildman–Crippen LogP) is 3.85. The first kappa shape index (κ1) is 22.1. The second-order valence-corrected chi connectivity index (χ2v) is 8.49. The second-order valence-electron chi connectivity index (χ2n) is 7.41. The van der Waals surface area contributed by atoms with Crippen molar-refractivity contribution in [2.45, 2.75) is 22.8 Å². The molecule has 2 aromatic carbocycles. The van der Waals surface area contributed by atoms with Gasteiger partial charge in [0.25, 0.3) is 0 Å². The zero-order chi connectivity index (χ0) is 20.5. The second kappa shape index (κ2) is 11.6. The van der Waals surface area contributed by atoms with Crippen molar-refractivity contribution in [2.75, 3.05) is 60.5 Å². The third-order valence-corrected chi connectivity index (χ3v) is 6.48. The molecule has 1 heterocycles. The summed E-state index contributed by atoms with van der Waals surface area (Å²) in [6, 6.07) is 16.9. The third-order valence-electron chi connectivity index (χ3n) is 5.31. The maximum Gasteiger partial charge on any atom is 0.132 e. The van der Waals surface area contributed by atoms with Crippen molar-refractivity contribution >= 4 is 11.8 Å². The van der Waals surface area contributed by atoms with Crippen LogP contribution in [0.15, 0.2) is 58.3 Å². The van der Waals surface area contributed by atoms with Crippen molar-refractivity contribution in [3.05, 3.63) is 54.1 Å². The van der Waals surface area contributed by atoms with Crippen LogP contribution >= 0.6 is 11.8 Å². The highest BCUT2D eigenvalue weighted by atomic mass is 32.2. The molecule has 0 atom stereocenters. The summed E-state index contributed by atoms with van der Waals surface area (Å²) in [7, 11) is 5.70. The normalized spacial score (nSPS) is 15.7. The van der Waals surface area contributed by atoms with Crippen molar-refractivity contribution in [2.24, 2.45) is 0 Å². The van der Waals surface area contributed by atoms with Crippen molar-refractivity contribution in [1.29, 1.82) is 0 Å². The van der Waals surface area contributed by atoms with Crippen LogP contribution < -0.4 is 4.74 Å². The zero-order valence-corrected chi connectivity index (χ0v) is 18.7. The molecule has 0 spiro atoms. The Kier molecular flexibility index (Phi) is 8.83. The van der Waals surface area contributed by atoms with E-state index in [4.69, 9.17) is 9.57 Å². The van der Waals surface area contributed by atoms with E-state index in [-0.39, 0.29) is 0 Å². The SMILES string of the molecule is COc1ccccc1Sc1ccccc1CN(C)CCCN1CCN(OC)CC1. The Balaban J connectivity index is 1.50. The fourth-order valence-electron chi connectivity index (χ4n) is 3.63. The monoisotopic (exact) mass is 415 g/mol. The highest BCUT2D eigenvalue weighted by molar-refractivity contribution is 7.99. The maximum atomic E-state index is 5.52. The van der Waals surface area contributed by atoms with Crippen molar-refractivity contribution < 1.29 is 9.57 Å². The molecule has 5 nitrogen and oxygen atoms in total. The smallest absolute Gasteiger partial charge is 0.132 e. The molecule has 1 aliphatic heterocycles. The van der Waals surface area contributed by atoms with Crippen molar-refractivity contribution in [3.8, 4) is 5.75 Å². The summed E-state index contributed by atoms with van der Waals surface area (Å²) in [4.78, 5) is 12.7. The lowest BCUT2D eigenvalue weighted by atomic mass is 10.2. The molecule has 1 fully saturated rings. The Morgan fingerprint density at radius 1 is 0.931 bits per heavy atom. The first-order valence-electron chi connectivity index (χ1n) is 10.3. The van der Waals surface area contributed by atoms with Gasteiger partial charge in [-0.2, -0.15) is 5.06 Å². The molecule has 2 aromatic rings. The van der Waals surface area contributed by atoms with Gasteiger partial charge in [0.05, 0.1) is 19.1 Å². The summed E-state index contributed by atoms with van der Waals surface area (Å²) < 4.78 is 5.52. The molecule has 158 valence electrons. The van der Waals surface area contributed by atoms with Gasteiger partial charge in [0.15, 0.2) is 0 Å². The first-order chi connectivity index (χ1) is 14.2. The lowest BCUT2D eigenvalue weighted by Crippen LogP contribution is -2.46. The van der Waals surface area contributed by atoms with Crippen LogP contribution in [0, 0.1) is 0 Å². The van der Waals surface area contributed by atoms with Crippen LogP contribution in [0.5, 0.6) is 5.75 Å².